The summed E-state index contributed by atoms with van der Waals surface area (Å²) in [6.07, 6.45) is 0. The van der Waals surface area contributed by atoms with Crippen LogP contribution < -0.4 is 22.6 Å². The van der Waals surface area contributed by atoms with E-state index in [1.165, 1.54) is 6.07 Å². The minimum atomic E-state index is -5.63. The number of hydrogen-bond donors (Lipinski definition) is 1. The van der Waals surface area contributed by atoms with Crippen LogP contribution in [0.3, 0.4) is 0 Å². The van der Waals surface area contributed by atoms with Gasteiger partial charge in [0.25, 0.3) is 0 Å². The Kier molecular flexibility index (Phi) is 5.89. The fourth-order valence-corrected chi connectivity index (χ4v) is 7.77. The van der Waals surface area contributed by atoms with Crippen molar-refractivity contribution in [2.24, 2.45) is 0 Å². The first kappa shape index (κ1) is 24.8. The van der Waals surface area contributed by atoms with Crippen LogP contribution in [-0.4, -0.2) is 5.11 Å². The van der Waals surface area contributed by atoms with Gasteiger partial charge >= 0.3 is 231 Å². The third-order valence-corrected chi connectivity index (χ3v) is 10.5. The Morgan fingerprint density at radius 2 is 0.971 bits per heavy atom. The second kappa shape index (κ2) is 8.07. The van der Waals surface area contributed by atoms with Gasteiger partial charge in [-0.25, -0.2) is 0 Å². The van der Waals surface area contributed by atoms with Crippen molar-refractivity contribution in [1.29, 1.82) is 0 Å². The number of rotatable bonds is 2. The Hall–Kier alpha value is -0.860. The maximum absolute atomic E-state index is 14.7. The zero-order valence-electron chi connectivity index (χ0n) is 15.6. The average molecular weight is 650 g/mol. The normalized spacial score (nSPS) is 17.5. The van der Waals surface area contributed by atoms with Crippen LogP contribution in [0, 0.1) is 5.82 Å². The van der Waals surface area contributed by atoms with Gasteiger partial charge < -0.3 is 0 Å². The minimum absolute atomic E-state index is 0.193. The molecule has 1 spiro atoms. The molecule has 0 fully saturated rings. The molecule has 3 aromatic carbocycles. The van der Waals surface area contributed by atoms with Crippen LogP contribution in [0.1, 0.15) is 0 Å². The molecule has 6 nitrogen and oxygen atoms in total. The number of halogens is 9. The summed E-state index contributed by atoms with van der Waals surface area (Å²) in [7, 11) is -5.63. The predicted octanol–water partition coefficient (Wildman–Crippen LogP) is 10.2. The van der Waals surface area contributed by atoms with Crippen molar-refractivity contribution in [3.8, 4) is 34.5 Å². The summed E-state index contributed by atoms with van der Waals surface area (Å²) in [5, 5.41) is 8.46. The fraction of sp³-hybridized carbons (Fsp3) is 0. The Balaban J connectivity index is 1.79. The molecule has 2 aliphatic rings. The molecule has 0 saturated carbocycles. The van der Waals surface area contributed by atoms with Gasteiger partial charge in [-0.05, 0) is 0 Å². The molecule has 0 radical (unpaired) electrons. The first-order valence-corrected chi connectivity index (χ1v) is 13.5. The van der Waals surface area contributed by atoms with Crippen LogP contribution in [0.15, 0.2) is 18.2 Å². The molecule has 0 bridgehead atoms. The van der Waals surface area contributed by atoms with E-state index in [9.17, 15) is 9.50 Å². The summed E-state index contributed by atoms with van der Waals surface area (Å²) < 4.78 is 43.9. The van der Waals surface area contributed by atoms with Gasteiger partial charge in [-0.15, -0.1) is 0 Å². The first-order valence-electron chi connectivity index (χ1n) is 8.60. The molecule has 0 saturated heterocycles. The zero-order chi connectivity index (χ0) is 24.8. The van der Waals surface area contributed by atoms with Crippen molar-refractivity contribution in [2.45, 2.75) is 0 Å². The molecule has 16 heteroatoms. The van der Waals surface area contributed by atoms with Crippen LogP contribution >= 0.6 is 101 Å². The number of hydrogen-bond acceptors (Lipinski definition) is 6. The Morgan fingerprint density at radius 3 is 1.29 bits per heavy atom. The molecule has 2 heterocycles. The van der Waals surface area contributed by atoms with Gasteiger partial charge in [0.1, 0.15) is 0 Å². The average Bonchev–Trinajstić information content (AvgIpc) is 3.33. The van der Waals surface area contributed by atoms with Crippen molar-refractivity contribution in [1.82, 2.24) is 0 Å². The number of benzene rings is 3. The third kappa shape index (κ3) is 3.41. The number of phenols is 1. The SMILES string of the molecule is Oc1cccc(F)c1OP12(Oc3c(Cl)c(Cl)c(Cl)c(Cl)c3O1)Oc1c(Cl)c(Cl)c(Cl)c(Cl)c1O2. The number of phenolic OH excluding ortho intramolecular Hbond substituents is 1. The molecule has 0 atom stereocenters. The Labute approximate surface area is 230 Å². The molecule has 0 unspecified atom stereocenters. The van der Waals surface area contributed by atoms with Gasteiger partial charge in [-0.3, -0.25) is 0 Å². The predicted molar refractivity (Wildman–Crippen MR) is 131 cm³/mol. The van der Waals surface area contributed by atoms with Gasteiger partial charge in [0.15, 0.2) is 0 Å². The number of para-hydroxylation sites is 1. The topological polar surface area (TPSA) is 66.4 Å². The van der Waals surface area contributed by atoms with Crippen molar-refractivity contribution < 1.29 is 32.1 Å². The van der Waals surface area contributed by atoms with E-state index in [-0.39, 0.29) is 63.2 Å². The molecule has 34 heavy (non-hydrogen) atoms. The van der Waals surface area contributed by atoms with Crippen LogP contribution in [0.5, 0.6) is 34.5 Å². The molecule has 0 amide bonds. The summed E-state index contributed by atoms with van der Waals surface area (Å²) in [6, 6.07) is 3.33. The van der Waals surface area contributed by atoms with Crippen LogP contribution in [0.2, 0.25) is 40.2 Å². The van der Waals surface area contributed by atoms with Crippen LogP contribution in [-0.2, 0) is 0 Å². The summed E-state index contributed by atoms with van der Waals surface area (Å²) in [5.74, 6) is -3.72. The van der Waals surface area contributed by atoms with Gasteiger partial charge in [0, 0.05) is 0 Å². The van der Waals surface area contributed by atoms with Gasteiger partial charge in [0.2, 0.25) is 0 Å². The summed E-state index contributed by atoms with van der Waals surface area (Å²) in [6.45, 7) is 0. The fourth-order valence-electron chi connectivity index (χ4n) is 3.03. The Bertz CT molecular complexity index is 1260. The molecule has 0 aliphatic carbocycles. The maximum atomic E-state index is 14.7. The first-order chi connectivity index (χ1) is 15.9. The monoisotopic (exact) mass is 646 g/mol. The molecule has 2 aliphatic heterocycles. The van der Waals surface area contributed by atoms with Crippen molar-refractivity contribution in [2.75, 3.05) is 0 Å². The van der Waals surface area contributed by atoms with Gasteiger partial charge in [-0.2, -0.15) is 0 Å². The summed E-state index contributed by atoms with van der Waals surface area (Å²) in [4.78, 5) is 0. The Morgan fingerprint density at radius 1 is 0.618 bits per heavy atom. The van der Waals surface area contributed by atoms with E-state index in [0.29, 0.717) is 0 Å². The zero-order valence-corrected chi connectivity index (χ0v) is 22.5. The summed E-state index contributed by atoms with van der Waals surface area (Å²) in [5.41, 5.74) is 0. The molecule has 3 aromatic rings. The third-order valence-electron chi connectivity index (χ3n) is 4.51. The molecular formula is C18H4Cl8FO6P. The van der Waals surface area contributed by atoms with Crippen molar-refractivity contribution in [3.63, 3.8) is 0 Å². The number of fused-ring (bicyclic) bond motifs is 2. The molecule has 5 rings (SSSR count). The standard InChI is InChI=1S/C18H4Cl8FO6P/c19-6-7(20)11(24)16-15(10(6)23)30-34(31-16,29-14-4(27)2-1-3-5(14)28)32-17-12(25)8(21)9(22)13(26)18(17)33-34/h1-3,28H. The van der Waals surface area contributed by atoms with E-state index < -0.39 is 25.1 Å². The van der Waals surface area contributed by atoms with Crippen LogP contribution in [0.4, 0.5) is 4.39 Å². The quantitative estimate of drug-likeness (QED) is 0.169. The van der Waals surface area contributed by atoms with E-state index in [1.54, 1.807) is 0 Å². The second-order valence-corrected chi connectivity index (χ2v) is 12.0. The van der Waals surface area contributed by atoms with Crippen LogP contribution in [0.25, 0.3) is 0 Å². The molecule has 0 aromatic heterocycles. The van der Waals surface area contributed by atoms with Crippen molar-refractivity contribution in [3.05, 3.63) is 64.2 Å². The molecule has 1 N–H and O–H groups in total. The second-order valence-electron chi connectivity index (χ2n) is 6.62. The van der Waals surface area contributed by atoms with E-state index >= 15 is 0 Å². The van der Waals surface area contributed by atoms with E-state index in [2.05, 4.69) is 0 Å². The summed E-state index contributed by atoms with van der Waals surface area (Å²) >= 11 is 49.7. The van der Waals surface area contributed by atoms with Crippen molar-refractivity contribution >= 4 is 101 Å². The number of aromatic hydroxyl groups is 1. The van der Waals surface area contributed by atoms with E-state index in [4.69, 9.17) is 115 Å². The molecule has 180 valence electrons. The van der Waals surface area contributed by atoms with Gasteiger partial charge in [0.05, 0.1) is 0 Å². The van der Waals surface area contributed by atoms with E-state index in [0.717, 1.165) is 12.1 Å². The van der Waals surface area contributed by atoms with Gasteiger partial charge in [-0.1, -0.05) is 0 Å². The van der Waals surface area contributed by atoms with E-state index in [1.807, 2.05) is 0 Å². The molecular weight excluding hydrogens is 646 g/mol.